The van der Waals surface area contributed by atoms with Gasteiger partial charge in [0.05, 0.1) is 5.56 Å². The Kier molecular flexibility index (Phi) is 6.58. The summed E-state index contributed by atoms with van der Waals surface area (Å²) in [5.41, 5.74) is 0.558. The number of ether oxygens (including phenoxy) is 1. The quantitative estimate of drug-likeness (QED) is 0.530. The molecular formula is C16H20O3. The number of rotatable bonds is 8. The van der Waals surface area contributed by atoms with Gasteiger partial charge in [-0.2, -0.15) is 0 Å². The molecule has 0 heterocycles. The van der Waals surface area contributed by atoms with Crippen LogP contribution in [0.1, 0.15) is 43.0 Å². The van der Waals surface area contributed by atoms with Crippen molar-refractivity contribution in [2.45, 2.75) is 38.7 Å². The van der Waals surface area contributed by atoms with E-state index in [-0.39, 0.29) is 17.9 Å². The highest BCUT2D eigenvalue weighted by molar-refractivity contribution is 5.89. The van der Waals surface area contributed by atoms with Crippen LogP contribution in [0.25, 0.3) is 0 Å². The summed E-state index contributed by atoms with van der Waals surface area (Å²) in [6.45, 7) is 5.40. The van der Waals surface area contributed by atoms with E-state index in [0.717, 1.165) is 6.42 Å². The van der Waals surface area contributed by atoms with Crippen LogP contribution in [0, 0.1) is 0 Å². The lowest BCUT2D eigenvalue weighted by atomic mass is 10.1. The summed E-state index contributed by atoms with van der Waals surface area (Å²) in [4.78, 5) is 23.0. The summed E-state index contributed by atoms with van der Waals surface area (Å²) >= 11 is 0. The van der Waals surface area contributed by atoms with Crippen molar-refractivity contribution in [3.05, 3.63) is 48.6 Å². The molecule has 0 fully saturated rings. The minimum Gasteiger partial charge on any atom is -0.459 e. The molecule has 0 radical (unpaired) electrons. The van der Waals surface area contributed by atoms with Gasteiger partial charge in [0.2, 0.25) is 0 Å². The third-order valence-corrected chi connectivity index (χ3v) is 2.92. The molecule has 0 aliphatic heterocycles. The monoisotopic (exact) mass is 260 g/mol. The third kappa shape index (κ3) is 5.51. The summed E-state index contributed by atoms with van der Waals surface area (Å²) in [6, 6.07) is 8.93. The molecule has 0 saturated heterocycles. The molecule has 3 nitrogen and oxygen atoms in total. The maximum Gasteiger partial charge on any atom is 0.338 e. The fourth-order valence-corrected chi connectivity index (χ4v) is 1.75. The Bertz CT molecular complexity index is 423. The van der Waals surface area contributed by atoms with Crippen molar-refractivity contribution < 1.29 is 14.3 Å². The number of benzene rings is 1. The van der Waals surface area contributed by atoms with Gasteiger partial charge >= 0.3 is 5.97 Å². The average molecular weight is 260 g/mol. The number of carbonyl (C=O) groups is 2. The van der Waals surface area contributed by atoms with Gasteiger partial charge in [-0.3, -0.25) is 4.79 Å². The van der Waals surface area contributed by atoms with E-state index in [2.05, 4.69) is 6.58 Å². The Morgan fingerprint density at radius 2 is 2.00 bits per heavy atom. The molecule has 102 valence electrons. The molecule has 1 aromatic carbocycles. The van der Waals surface area contributed by atoms with Gasteiger partial charge in [-0.15, -0.1) is 0 Å². The predicted octanol–water partition coefficient (Wildman–Crippen LogP) is 3.55. The van der Waals surface area contributed by atoms with Gasteiger partial charge in [0, 0.05) is 6.42 Å². The van der Waals surface area contributed by atoms with E-state index in [1.807, 2.05) is 13.0 Å². The zero-order valence-corrected chi connectivity index (χ0v) is 11.3. The van der Waals surface area contributed by atoms with Crippen LogP contribution in [0.3, 0.4) is 0 Å². The molecule has 0 saturated carbocycles. The molecule has 1 aromatic rings. The predicted molar refractivity (Wildman–Crippen MR) is 75.0 cm³/mol. The number of carbonyl (C=O) groups excluding carboxylic acids is 2. The van der Waals surface area contributed by atoms with Crippen LogP contribution in [-0.4, -0.2) is 17.9 Å². The first kappa shape index (κ1) is 15.2. The Morgan fingerprint density at radius 1 is 1.32 bits per heavy atom. The Hall–Kier alpha value is -1.90. The van der Waals surface area contributed by atoms with Gasteiger partial charge in [-0.25, -0.2) is 4.79 Å². The number of hydrogen-bond acceptors (Lipinski definition) is 3. The standard InChI is InChI=1S/C16H20O3/c1-3-14(17)11-8-12-15(4-2)19-16(18)13-9-6-5-7-10-13/h3,5-7,9-10,15H,1,4,8,11-12H2,2H3. The maximum atomic E-state index is 11.9. The minimum atomic E-state index is -0.303. The highest BCUT2D eigenvalue weighted by atomic mass is 16.5. The summed E-state index contributed by atoms with van der Waals surface area (Å²) in [5, 5.41) is 0. The summed E-state index contributed by atoms with van der Waals surface area (Å²) in [6.07, 6.45) is 3.83. The molecule has 0 amide bonds. The van der Waals surface area contributed by atoms with Crippen molar-refractivity contribution >= 4 is 11.8 Å². The molecule has 0 aromatic heterocycles. The number of hydrogen-bond donors (Lipinski definition) is 0. The van der Waals surface area contributed by atoms with Gasteiger partial charge in [0.15, 0.2) is 5.78 Å². The van der Waals surface area contributed by atoms with Crippen molar-refractivity contribution in [2.75, 3.05) is 0 Å². The maximum absolute atomic E-state index is 11.9. The molecule has 0 N–H and O–H groups in total. The molecular weight excluding hydrogens is 240 g/mol. The molecule has 0 bridgehead atoms. The zero-order valence-electron chi connectivity index (χ0n) is 11.3. The van der Waals surface area contributed by atoms with E-state index < -0.39 is 0 Å². The summed E-state index contributed by atoms with van der Waals surface area (Å²) in [5.74, 6) is -0.272. The van der Waals surface area contributed by atoms with Crippen LogP contribution in [-0.2, 0) is 9.53 Å². The van der Waals surface area contributed by atoms with Gasteiger partial charge < -0.3 is 4.74 Å². The molecule has 0 aliphatic carbocycles. The Balaban J connectivity index is 2.42. The fourth-order valence-electron chi connectivity index (χ4n) is 1.75. The Morgan fingerprint density at radius 3 is 2.58 bits per heavy atom. The first-order valence-corrected chi connectivity index (χ1v) is 6.58. The lowest BCUT2D eigenvalue weighted by Crippen LogP contribution is -2.17. The largest absolute Gasteiger partial charge is 0.459 e. The fraction of sp³-hybridized carbons (Fsp3) is 0.375. The minimum absolute atomic E-state index is 0.0317. The average Bonchev–Trinajstić information content (AvgIpc) is 2.46. The third-order valence-electron chi connectivity index (χ3n) is 2.92. The highest BCUT2D eigenvalue weighted by Crippen LogP contribution is 2.12. The van der Waals surface area contributed by atoms with E-state index >= 15 is 0 Å². The van der Waals surface area contributed by atoms with E-state index in [9.17, 15) is 9.59 Å². The second-order valence-electron chi connectivity index (χ2n) is 4.36. The zero-order chi connectivity index (χ0) is 14.1. The van der Waals surface area contributed by atoms with Crippen molar-refractivity contribution in [2.24, 2.45) is 0 Å². The molecule has 1 atom stereocenters. The molecule has 1 unspecified atom stereocenters. The van der Waals surface area contributed by atoms with Gasteiger partial charge in [0.1, 0.15) is 6.10 Å². The lowest BCUT2D eigenvalue weighted by molar-refractivity contribution is -0.114. The number of allylic oxidation sites excluding steroid dienone is 1. The lowest BCUT2D eigenvalue weighted by Gasteiger charge is -2.15. The smallest absolute Gasteiger partial charge is 0.338 e. The number of esters is 1. The first-order chi connectivity index (χ1) is 9.17. The molecule has 3 heteroatoms. The van der Waals surface area contributed by atoms with Crippen LogP contribution >= 0.6 is 0 Å². The molecule has 1 rings (SSSR count). The van der Waals surface area contributed by atoms with Crippen LogP contribution in [0.15, 0.2) is 43.0 Å². The van der Waals surface area contributed by atoms with E-state index in [1.54, 1.807) is 24.3 Å². The van der Waals surface area contributed by atoms with Crippen LogP contribution in [0.4, 0.5) is 0 Å². The topological polar surface area (TPSA) is 43.4 Å². The second-order valence-corrected chi connectivity index (χ2v) is 4.36. The van der Waals surface area contributed by atoms with Gasteiger partial charge in [0.25, 0.3) is 0 Å². The molecule has 19 heavy (non-hydrogen) atoms. The van der Waals surface area contributed by atoms with Gasteiger partial charge in [-0.1, -0.05) is 31.7 Å². The van der Waals surface area contributed by atoms with E-state index in [0.29, 0.717) is 24.8 Å². The van der Waals surface area contributed by atoms with Crippen LogP contribution < -0.4 is 0 Å². The normalized spacial score (nSPS) is 11.6. The summed E-state index contributed by atoms with van der Waals surface area (Å²) < 4.78 is 5.43. The van der Waals surface area contributed by atoms with Gasteiger partial charge in [-0.05, 0) is 37.5 Å². The first-order valence-electron chi connectivity index (χ1n) is 6.58. The van der Waals surface area contributed by atoms with Crippen molar-refractivity contribution in [1.82, 2.24) is 0 Å². The number of ketones is 1. The van der Waals surface area contributed by atoms with Crippen molar-refractivity contribution in [3.8, 4) is 0 Å². The Labute approximate surface area is 114 Å². The van der Waals surface area contributed by atoms with Crippen LogP contribution in [0.5, 0.6) is 0 Å². The second kappa shape index (κ2) is 8.25. The molecule has 0 spiro atoms. The highest BCUT2D eigenvalue weighted by Gasteiger charge is 2.14. The summed E-state index contributed by atoms with van der Waals surface area (Å²) in [7, 11) is 0. The van der Waals surface area contributed by atoms with Crippen molar-refractivity contribution in [3.63, 3.8) is 0 Å². The SMILES string of the molecule is C=CC(=O)CCCC(CC)OC(=O)c1ccccc1. The van der Waals surface area contributed by atoms with E-state index in [4.69, 9.17) is 4.74 Å². The van der Waals surface area contributed by atoms with Crippen LogP contribution in [0.2, 0.25) is 0 Å². The van der Waals surface area contributed by atoms with Crippen molar-refractivity contribution in [1.29, 1.82) is 0 Å². The molecule has 0 aliphatic rings. The van der Waals surface area contributed by atoms with E-state index in [1.165, 1.54) is 6.08 Å².